The highest BCUT2D eigenvalue weighted by Crippen LogP contribution is 2.28. The molecule has 1 aromatic heterocycles. The first-order valence-electron chi connectivity index (χ1n) is 7.56. The maximum atomic E-state index is 12.2. The van der Waals surface area contributed by atoms with E-state index in [1.54, 1.807) is 18.2 Å². The van der Waals surface area contributed by atoms with Gasteiger partial charge in [0.25, 0.3) is 5.88 Å². The largest absolute Gasteiger partial charge is 0.491 e. The van der Waals surface area contributed by atoms with E-state index in [1.807, 2.05) is 6.07 Å². The Morgan fingerprint density at radius 3 is 2.80 bits per heavy atom. The number of ether oxygens (including phenoxy) is 2. The molecule has 0 unspecified atom stereocenters. The normalized spacial score (nSPS) is 14.5. The molecule has 128 valence electrons. The minimum Gasteiger partial charge on any atom is -0.491 e. The summed E-state index contributed by atoms with van der Waals surface area (Å²) in [5, 5.41) is 14.7. The highest BCUT2D eigenvalue weighted by atomic mass is 35.5. The minimum atomic E-state index is -0.547. The number of nitriles is 1. The summed E-state index contributed by atoms with van der Waals surface area (Å²) >= 11 is 5.99. The van der Waals surface area contributed by atoms with E-state index >= 15 is 0 Å². The number of carbonyl (C=O) groups is 1. The fourth-order valence-corrected chi connectivity index (χ4v) is 2.33. The average Bonchev–Trinajstić information content (AvgIpc) is 2.59. The Balaban J connectivity index is 1.89. The summed E-state index contributed by atoms with van der Waals surface area (Å²) < 4.78 is 11.2. The van der Waals surface area contributed by atoms with Crippen LogP contribution in [0.25, 0.3) is 0 Å². The van der Waals surface area contributed by atoms with Gasteiger partial charge in [0, 0.05) is 5.02 Å². The number of hydrogen-bond acceptors (Lipinski definition) is 6. The fraction of sp³-hybridized carbons (Fsp3) is 0.250. The van der Waals surface area contributed by atoms with Crippen LogP contribution in [0.1, 0.15) is 18.5 Å². The first kappa shape index (κ1) is 16.8. The second-order valence-electron chi connectivity index (χ2n) is 5.14. The molecule has 9 heteroatoms. The lowest BCUT2D eigenvalue weighted by atomic mass is 10.3. The second-order valence-corrected chi connectivity index (χ2v) is 5.58. The van der Waals surface area contributed by atoms with E-state index in [2.05, 4.69) is 20.6 Å². The predicted molar refractivity (Wildman–Crippen MR) is 91.1 cm³/mol. The molecule has 2 bridgehead atoms. The molecule has 0 saturated carbocycles. The molecule has 2 amide bonds. The number of fused-ring (bicyclic) bond motifs is 3. The summed E-state index contributed by atoms with van der Waals surface area (Å²) in [6.07, 6.45) is 2.72. The Bertz CT molecular complexity index is 837. The molecule has 2 aromatic rings. The minimum absolute atomic E-state index is 0.0615. The van der Waals surface area contributed by atoms with Crippen LogP contribution in [0.2, 0.25) is 5.02 Å². The van der Waals surface area contributed by atoms with Crippen molar-refractivity contribution in [3.63, 3.8) is 0 Å². The van der Waals surface area contributed by atoms with Crippen molar-refractivity contribution in [1.29, 1.82) is 5.26 Å². The third kappa shape index (κ3) is 4.28. The molecule has 0 radical (unpaired) electrons. The Kier molecular flexibility index (Phi) is 5.16. The number of aromatic nitrogens is 2. The summed E-state index contributed by atoms with van der Waals surface area (Å²) in [5.74, 6) is 0.763. The van der Waals surface area contributed by atoms with E-state index in [0.717, 1.165) is 6.42 Å². The van der Waals surface area contributed by atoms with Gasteiger partial charge in [-0.15, -0.1) is 0 Å². The van der Waals surface area contributed by atoms with Crippen molar-refractivity contribution in [2.24, 2.45) is 0 Å². The molecule has 1 aliphatic rings. The molecular formula is C16H14ClN5O3. The molecule has 0 aliphatic carbocycles. The molecule has 2 N–H and O–H groups in total. The number of halogens is 1. The number of amides is 2. The molecule has 2 heterocycles. The fourth-order valence-electron chi connectivity index (χ4n) is 2.16. The van der Waals surface area contributed by atoms with Crippen LogP contribution in [0.4, 0.5) is 16.3 Å². The summed E-state index contributed by atoms with van der Waals surface area (Å²) in [6, 6.07) is 6.34. The van der Waals surface area contributed by atoms with Crippen molar-refractivity contribution in [3.8, 4) is 17.7 Å². The van der Waals surface area contributed by atoms with Gasteiger partial charge in [-0.05, 0) is 31.0 Å². The monoisotopic (exact) mass is 359 g/mol. The van der Waals surface area contributed by atoms with Crippen LogP contribution in [0.15, 0.2) is 24.4 Å². The molecule has 25 heavy (non-hydrogen) atoms. The van der Waals surface area contributed by atoms with E-state index < -0.39 is 6.03 Å². The van der Waals surface area contributed by atoms with Gasteiger partial charge in [-0.3, -0.25) is 5.32 Å². The number of benzene rings is 1. The third-order valence-corrected chi connectivity index (χ3v) is 3.55. The van der Waals surface area contributed by atoms with Crippen LogP contribution in [-0.4, -0.2) is 29.2 Å². The highest BCUT2D eigenvalue weighted by Gasteiger charge is 2.14. The van der Waals surface area contributed by atoms with Crippen molar-refractivity contribution in [2.45, 2.75) is 12.8 Å². The van der Waals surface area contributed by atoms with E-state index in [4.69, 9.17) is 26.3 Å². The molecule has 1 aromatic carbocycles. The number of rotatable bonds is 0. The predicted octanol–water partition coefficient (Wildman–Crippen LogP) is 3.20. The van der Waals surface area contributed by atoms with Gasteiger partial charge in [0.1, 0.15) is 11.8 Å². The third-order valence-electron chi connectivity index (χ3n) is 3.31. The summed E-state index contributed by atoms with van der Waals surface area (Å²) in [7, 11) is 0. The summed E-state index contributed by atoms with van der Waals surface area (Å²) in [4.78, 5) is 20.3. The zero-order valence-electron chi connectivity index (χ0n) is 13.1. The smallest absolute Gasteiger partial charge is 0.325 e. The van der Waals surface area contributed by atoms with Crippen LogP contribution in [0.5, 0.6) is 11.6 Å². The number of nitrogens with zero attached hydrogens (tertiary/aromatic N) is 3. The molecule has 1 aliphatic heterocycles. The van der Waals surface area contributed by atoms with Gasteiger partial charge in [-0.1, -0.05) is 11.6 Å². The zero-order chi connectivity index (χ0) is 17.6. The van der Waals surface area contributed by atoms with Gasteiger partial charge in [-0.25, -0.2) is 9.78 Å². The Labute approximate surface area is 148 Å². The van der Waals surface area contributed by atoms with Crippen LogP contribution < -0.4 is 20.1 Å². The highest BCUT2D eigenvalue weighted by molar-refractivity contribution is 6.31. The van der Waals surface area contributed by atoms with Crippen molar-refractivity contribution in [2.75, 3.05) is 23.8 Å². The number of hydrogen-bond donors (Lipinski definition) is 2. The van der Waals surface area contributed by atoms with Crippen LogP contribution in [0.3, 0.4) is 0 Å². The van der Waals surface area contributed by atoms with E-state index in [-0.39, 0.29) is 17.4 Å². The molecule has 0 saturated heterocycles. The first-order chi connectivity index (χ1) is 12.2. The topological polar surface area (TPSA) is 109 Å². The SMILES string of the molecule is N#Cc1ncc2nc1OCCCCOc1ccc(Cl)cc1NC(=O)N2. The van der Waals surface area contributed by atoms with Crippen LogP contribution in [0, 0.1) is 11.3 Å². The molecule has 3 rings (SSSR count). The zero-order valence-corrected chi connectivity index (χ0v) is 13.8. The van der Waals surface area contributed by atoms with Crippen LogP contribution in [-0.2, 0) is 0 Å². The van der Waals surface area contributed by atoms with Gasteiger partial charge in [0.2, 0.25) is 5.69 Å². The average molecular weight is 360 g/mol. The van der Waals surface area contributed by atoms with E-state index in [9.17, 15) is 4.79 Å². The lowest BCUT2D eigenvalue weighted by molar-refractivity contribution is 0.257. The number of anilines is 2. The lowest BCUT2D eigenvalue weighted by Crippen LogP contribution is -2.21. The molecule has 0 fully saturated rings. The first-order valence-corrected chi connectivity index (χ1v) is 7.94. The maximum absolute atomic E-state index is 12.2. The lowest BCUT2D eigenvalue weighted by Gasteiger charge is -2.15. The number of urea groups is 1. The summed E-state index contributed by atoms with van der Waals surface area (Å²) in [6.45, 7) is 0.800. The molecular weight excluding hydrogens is 346 g/mol. The molecule has 0 atom stereocenters. The van der Waals surface area contributed by atoms with Crippen LogP contribution >= 0.6 is 11.6 Å². The molecule has 0 spiro atoms. The van der Waals surface area contributed by atoms with Gasteiger partial charge >= 0.3 is 6.03 Å². The van der Waals surface area contributed by atoms with Crippen molar-refractivity contribution < 1.29 is 14.3 Å². The van der Waals surface area contributed by atoms with Gasteiger partial charge < -0.3 is 14.8 Å². The number of nitrogens with one attached hydrogen (secondary N) is 2. The van der Waals surface area contributed by atoms with E-state index in [0.29, 0.717) is 36.1 Å². The van der Waals surface area contributed by atoms with E-state index in [1.165, 1.54) is 6.20 Å². The number of carbonyl (C=O) groups excluding carboxylic acids is 1. The quantitative estimate of drug-likeness (QED) is 0.747. The Morgan fingerprint density at radius 2 is 2.00 bits per heavy atom. The van der Waals surface area contributed by atoms with Crippen molar-refractivity contribution in [3.05, 3.63) is 35.1 Å². The summed E-state index contributed by atoms with van der Waals surface area (Å²) in [5.41, 5.74) is 0.506. The second kappa shape index (κ2) is 7.68. The van der Waals surface area contributed by atoms with Gasteiger partial charge in [0.05, 0.1) is 25.1 Å². The van der Waals surface area contributed by atoms with Gasteiger partial charge in [-0.2, -0.15) is 10.2 Å². The Morgan fingerprint density at radius 1 is 1.20 bits per heavy atom. The van der Waals surface area contributed by atoms with Crippen molar-refractivity contribution >= 4 is 29.1 Å². The molecule has 8 nitrogen and oxygen atoms in total. The Hall–Kier alpha value is -3.05. The standard InChI is InChI=1S/C16H14ClN5O3/c17-10-3-4-13-11(7-10)20-16(23)22-14-9-19-12(8-18)15(21-14)25-6-2-1-5-24-13/h3-4,7,9H,1-2,5-6H2,(H2,20,21,22,23). The van der Waals surface area contributed by atoms with Crippen molar-refractivity contribution in [1.82, 2.24) is 9.97 Å². The maximum Gasteiger partial charge on any atom is 0.325 e. The van der Waals surface area contributed by atoms with Gasteiger partial charge in [0.15, 0.2) is 5.82 Å².